The van der Waals surface area contributed by atoms with Gasteiger partial charge >= 0.3 is 11.5 Å². The van der Waals surface area contributed by atoms with E-state index in [1.807, 2.05) is 0 Å². The highest BCUT2D eigenvalue weighted by Gasteiger charge is 2.54. The van der Waals surface area contributed by atoms with Crippen molar-refractivity contribution in [3.8, 4) is 0 Å². The number of fused-ring (bicyclic) bond motifs is 4. The molecule has 114 valence electrons. The lowest BCUT2D eigenvalue weighted by Crippen LogP contribution is -2.41. The van der Waals surface area contributed by atoms with E-state index in [4.69, 9.17) is 11.6 Å². The summed E-state index contributed by atoms with van der Waals surface area (Å²) in [6, 6.07) is 8.85. The first-order valence-electron chi connectivity index (χ1n) is 6.76. The minimum Gasteiger partial charge on any atom is -0.617 e. The second-order valence-electron chi connectivity index (χ2n) is 5.47. The molecule has 2 aliphatic rings. The molecule has 4 rings (SSSR count). The Morgan fingerprint density at radius 1 is 1.22 bits per heavy atom. The third-order valence-electron chi connectivity index (χ3n) is 4.14. The Kier molecular flexibility index (Phi) is 2.71. The summed E-state index contributed by atoms with van der Waals surface area (Å²) in [5.74, 6) is -0.00433. The number of halogens is 1. The third-order valence-corrected chi connectivity index (χ3v) is 4.37. The zero-order valence-electron chi connectivity index (χ0n) is 11.6. The average molecular weight is 331 g/mol. The summed E-state index contributed by atoms with van der Waals surface area (Å²) in [4.78, 5) is 22.8. The minimum absolute atomic E-state index is 0.00433. The zero-order chi connectivity index (χ0) is 16.4. The van der Waals surface area contributed by atoms with E-state index in [1.54, 1.807) is 18.2 Å². The van der Waals surface area contributed by atoms with Crippen LogP contribution in [0.25, 0.3) is 6.08 Å². The Morgan fingerprint density at radius 3 is 2.74 bits per heavy atom. The molecule has 2 aliphatic heterocycles. The first-order valence-corrected chi connectivity index (χ1v) is 7.14. The molecule has 1 unspecified atom stereocenters. The molecule has 7 nitrogen and oxygen atoms in total. The van der Waals surface area contributed by atoms with Gasteiger partial charge in [-0.1, -0.05) is 17.7 Å². The van der Waals surface area contributed by atoms with Crippen LogP contribution in [0.15, 0.2) is 42.2 Å². The largest absolute Gasteiger partial charge is 0.617 e. The number of hydrogen-bond acceptors (Lipinski definition) is 4. The molecule has 0 spiro atoms. The van der Waals surface area contributed by atoms with Gasteiger partial charge in [-0.2, -0.15) is 0 Å². The lowest BCUT2D eigenvalue weighted by molar-refractivity contribution is -0.412. The molecule has 0 fully saturated rings. The number of rotatable bonds is 1. The van der Waals surface area contributed by atoms with Crippen molar-refractivity contribution in [2.45, 2.75) is 6.54 Å². The van der Waals surface area contributed by atoms with E-state index in [-0.39, 0.29) is 29.4 Å². The van der Waals surface area contributed by atoms with E-state index in [0.717, 1.165) is 17.2 Å². The second kappa shape index (κ2) is 4.45. The van der Waals surface area contributed by atoms with Crippen molar-refractivity contribution >= 4 is 34.7 Å². The van der Waals surface area contributed by atoms with Crippen LogP contribution in [0.1, 0.15) is 11.1 Å². The van der Waals surface area contributed by atoms with Crippen molar-refractivity contribution in [3.63, 3.8) is 0 Å². The molecule has 0 bridgehead atoms. The van der Waals surface area contributed by atoms with Crippen molar-refractivity contribution in [1.82, 2.24) is 4.65 Å². The Hall–Kier alpha value is -2.61. The first kappa shape index (κ1) is 14.0. The predicted molar refractivity (Wildman–Crippen MR) is 84.7 cm³/mol. The monoisotopic (exact) mass is 330 g/mol. The molecule has 1 atom stereocenters. The highest BCUT2D eigenvalue weighted by Crippen LogP contribution is 2.50. The van der Waals surface area contributed by atoms with Gasteiger partial charge in [0.2, 0.25) is 5.69 Å². The quantitative estimate of drug-likeness (QED) is 0.260. The minimum atomic E-state index is -0.968. The van der Waals surface area contributed by atoms with Gasteiger partial charge in [-0.3, -0.25) is 10.1 Å². The smallest absolute Gasteiger partial charge is 0.429 e. The lowest BCUT2D eigenvalue weighted by Gasteiger charge is -2.35. The fourth-order valence-corrected chi connectivity index (χ4v) is 3.24. The van der Waals surface area contributed by atoms with Gasteiger partial charge in [-0.25, -0.2) is 4.65 Å². The van der Waals surface area contributed by atoms with E-state index in [1.165, 1.54) is 18.2 Å². The Balaban J connectivity index is 1.94. The van der Waals surface area contributed by atoms with E-state index >= 15 is 0 Å². The summed E-state index contributed by atoms with van der Waals surface area (Å²) in [7, 11) is 0. The standard InChI is InChI=1S/C15H9ClN3O4/c16-11-2-1-9-6-15-17(20)13-7-12(18(21)22)3-4-14(13)19(15,23)8-10(9)5-11/h1-7H,8H2/q+1. The Bertz CT molecular complexity index is 940. The van der Waals surface area contributed by atoms with Gasteiger partial charge in [0.05, 0.1) is 17.1 Å². The van der Waals surface area contributed by atoms with E-state index in [2.05, 4.69) is 0 Å². The number of non-ortho nitro benzene ring substituents is 1. The number of hydroxylamine groups is 2. The SMILES string of the molecule is O=[N+]([O-])c1ccc2c(c1)[N+](=O)C1=Cc3ccc(Cl)cc3C[N+]12[O-]. The van der Waals surface area contributed by atoms with E-state index in [9.17, 15) is 20.2 Å². The molecule has 0 amide bonds. The van der Waals surface area contributed by atoms with Crippen LogP contribution in [0.3, 0.4) is 0 Å². The van der Waals surface area contributed by atoms with Crippen molar-refractivity contribution in [2.24, 2.45) is 0 Å². The number of nitro groups is 1. The molecule has 0 aliphatic carbocycles. The van der Waals surface area contributed by atoms with Crippen molar-refractivity contribution in [2.75, 3.05) is 0 Å². The van der Waals surface area contributed by atoms with Gasteiger partial charge < -0.3 is 5.21 Å². The summed E-state index contributed by atoms with van der Waals surface area (Å²) >= 11 is 5.97. The van der Waals surface area contributed by atoms with Crippen LogP contribution in [0.4, 0.5) is 17.1 Å². The van der Waals surface area contributed by atoms with Gasteiger partial charge in [0, 0.05) is 27.6 Å². The molecule has 0 saturated heterocycles. The second-order valence-corrected chi connectivity index (χ2v) is 5.90. The van der Waals surface area contributed by atoms with Crippen molar-refractivity contribution in [1.29, 1.82) is 0 Å². The topological polar surface area (TPSA) is 86.3 Å². The molecule has 8 heteroatoms. The highest BCUT2D eigenvalue weighted by atomic mass is 35.5. The third kappa shape index (κ3) is 1.84. The molecule has 0 aromatic heterocycles. The Morgan fingerprint density at radius 2 is 2.00 bits per heavy atom. The van der Waals surface area contributed by atoms with Crippen molar-refractivity contribution < 1.29 is 9.68 Å². The summed E-state index contributed by atoms with van der Waals surface area (Å²) in [5.41, 5.74) is 1.46. The summed E-state index contributed by atoms with van der Waals surface area (Å²) in [6.45, 7) is 0.0191. The van der Waals surface area contributed by atoms with Crippen LogP contribution in [0.2, 0.25) is 5.02 Å². The number of quaternary nitrogens is 1. The maximum absolute atomic E-state index is 13.3. The number of nitro benzene ring substituents is 1. The number of nitrogens with zero attached hydrogens (tertiary/aromatic N) is 3. The maximum atomic E-state index is 13.3. The highest BCUT2D eigenvalue weighted by molar-refractivity contribution is 6.30. The van der Waals surface area contributed by atoms with E-state index in [0.29, 0.717) is 9.78 Å². The fourth-order valence-electron chi connectivity index (χ4n) is 3.05. The molecule has 2 heterocycles. The summed E-state index contributed by atoms with van der Waals surface area (Å²) in [6.07, 6.45) is 1.51. The average Bonchev–Trinajstić information content (AvgIpc) is 2.73. The Labute approximate surface area is 134 Å². The zero-order valence-corrected chi connectivity index (χ0v) is 12.4. The number of nitroso groups, excluding NO2 is 1. The van der Waals surface area contributed by atoms with Gasteiger partial charge in [0.1, 0.15) is 11.3 Å². The molecule has 0 saturated carbocycles. The summed E-state index contributed by atoms with van der Waals surface area (Å²) < 4.78 is -0.489. The normalized spacial score (nSPS) is 21.3. The van der Waals surface area contributed by atoms with Gasteiger partial charge in [0.25, 0.3) is 5.69 Å². The van der Waals surface area contributed by atoms with Crippen LogP contribution in [0.5, 0.6) is 0 Å². The first-order chi connectivity index (χ1) is 10.9. The molecule has 2 aromatic carbocycles. The van der Waals surface area contributed by atoms with Gasteiger partial charge in [-0.05, 0) is 17.7 Å². The predicted octanol–water partition coefficient (Wildman–Crippen LogP) is 3.99. The molecular formula is C15H9ClN3O4+. The molecule has 0 radical (unpaired) electrons. The maximum Gasteiger partial charge on any atom is 0.429 e. The fraction of sp³-hybridized carbons (Fsp3) is 0.0667. The van der Waals surface area contributed by atoms with Crippen LogP contribution >= 0.6 is 11.6 Å². The number of benzene rings is 2. The van der Waals surface area contributed by atoms with Crippen LogP contribution in [-0.4, -0.2) is 9.68 Å². The molecule has 2 aromatic rings. The van der Waals surface area contributed by atoms with Crippen LogP contribution in [-0.2, 0) is 6.54 Å². The van der Waals surface area contributed by atoms with E-state index < -0.39 is 9.57 Å². The molecular weight excluding hydrogens is 322 g/mol. The number of hydrogen-bond donors (Lipinski definition) is 0. The lowest BCUT2D eigenvalue weighted by atomic mass is 10.0. The summed E-state index contributed by atoms with van der Waals surface area (Å²) in [5, 5.41) is 24.7. The van der Waals surface area contributed by atoms with Crippen LogP contribution in [0, 0.1) is 20.2 Å². The van der Waals surface area contributed by atoms with Gasteiger partial charge in [-0.15, -0.1) is 0 Å². The van der Waals surface area contributed by atoms with Gasteiger partial charge in [0.15, 0.2) is 0 Å². The molecule has 0 N–H and O–H groups in total. The van der Waals surface area contributed by atoms with Crippen LogP contribution < -0.4 is 4.65 Å². The molecule has 23 heavy (non-hydrogen) atoms. The van der Waals surface area contributed by atoms with Crippen molar-refractivity contribution in [3.05, 3.63) is 78.6 Å².